The highest BCUT2D eigenvalue weighted by atomic mass is 16.4. The maximum atomic E-state index is 12.8. The van der Waals surface area contributed by atoms with Crippen LogP contribution in [0.5, 0.6) is 0 Å². The molecule has 152 valence electrons. The summed E-state index contributed by atoms with van der Waals surface area (Å²) >= 11 is 0. The molecule has 1 aromatic rings. The summed E-state index contributed by atoms with van der Waals surface area (Å²) in [5.41, 5.74) is 0.974. The molecule has 8 heteroatoms. The molecule has 2 fully saturated rings. The van der Waals surface area contributed by atoms with Crippen molar-refractivity contribution in [2.75, 3.05) is 32.7 Å². The molecular weight excluding hydrogens is 360 g/mol. The Labute approximate surface area is 164 Å². The van der Waals surface area contributed by atoms with E-state index >= 15 is 0 Å². The third kappa shape index (κ3) is 5.51. The number of piperazine rings is 1. The second kappa shape index (κ2) is 9.64. The van der Waals surface area contributed by atoms with Gasteiger partial charge >= 0.3 is 5.97 Å². The van der Waals surface area contributed by atoms with Crippen LogP contribution in [0.1, 0.15) is 31.2 Å². The molecule has 2 heterocycles. The summed E-state index contributed by atoms with van der Waals surface area (Å²) in [6.07, 6.45) is 6.38. The first-order chi connectivity index (χ1) is 13.5. The number of carbonyl (C=O) groups is 3. The first kappa shape index (κ1) is 20.3. The van der Waals surface area contributed by atoms with Crippen LogP contribution in [0.3, 0.4) is 0 Å². The molecule has 1 aliphatic heterocycles. The molecule has 0 unspecified atom stereocenters. The monoisotopic (exact) mass is 388 g/mol. The Kier molecular flexibility index (Phi) is 6.97. The zero-order chi connectivity index (χ0) is 19.9. The van der Waals surface area contributed by atoms with Gasteiger partial charge in [-0.1, -0.05) is 6.07 Å². The molecule has 1 aromatic heterocycles. The fourth-order valence-electron chi connectivity index (χ4n) is 4.01. The zero-order valence-electron chi connectivity index (χ0n) is 16.0. The number of amides is 2. The van der Waals surface area contributed by atoms with Crippen molar-refractivity contribution < 1.29 is 19.5 Å². The van der Waals surface area contributed by atoms with Gasteiger partial charge in [-0.15, -0.1) is 0 Å². The van der Waals surface area contributed by atoms with Crippen molar-refractivity contribution >= 4 is 17.8 Å². The summed E-state index contributed by atoms with van der Waals surface area (Å²) in [6.45, 7) is 2.87. The Morgan fingerprint density at radius 3 is 2.36 bits per heavy atom. The molecular formula is C20H28N4O4. The molecule has 1 aliphatic carbocycles. The van der Waals surface area contributed by atoms with Crippen LogP contribution < -0.4 is 5.32 Å². The third-order valence-electron chi connectivity index (χ3n) is 5.68. The molecule has 2 N–H and O–H groups in total. The number of carboxylic acids is 1. The van der Waals surface area contributed by atoms with E-state index in [1.165, 1.54) is 0 Å². The minimum Gasteiger partial charge on any atom is -0.480 e. The molecule has 0 aromatic carbocycles. The lowest BCUT2D eigenvalue weighted by molar-refractivity contribution is -0.142. The van der Waals surface area contributed by atoms with Crippen LogP contribution >= 0.6 is 0 Å². The molecule has 0 spiro atoms. The summed E-state index contributed by atoms with van der Waals surface area (Å²) in [5, 5.41) is 11.8. The van der Waals surface area contributed by atoms with Gasteiger partial charge in [-0.25, -0.2) is 0 Å². The Bertz CT molecular complexity index is 681. The number of nitrogens with one attached hydrogen (secondary N) is 1. The van der Waals surface area contributed by atoms with Gasteiger partial charge in [0.15, 0.2) is 0 Å². The van der Waals surface area contributed by atoms with Crippen LogP contribution in [0.25, 0.3) is 0 Å². The average molecular weight is 388 g/mol. The normalized spacial score (nSPS) is 23.2. The number of carboxylic acid groups (broad SMARTS) is 1. The molecule has 0 bridgehead atoms. The molecule has 1 saturated heterocycles. The summed E-state index contributed by atoms with van der Waals surface area (Å²) < 4.78 is 0. The van der Waals surface area contributed by atoms with Gasteiger partial charge in [-0.2, -0.15) is 0 Å². The second-order valence-corrected chi connectivity index (χ2v) is 7.62. The van der Waals surface area contributed by atoms with E-state index in [0.29, 0.717) is 32.7 Å². The highest BCUT2D eigenvalue weighted by Crippen LogP contribution is 2.30. The van der Waals surface area contributed by atoms with Gasteiger partial charge in [0, 0.05) is 57.0 Å². The molecule has 8 nitrogen and oxygen atoms in total. The van der Waals surface area contributed by atoms with E-state index < -0.39 is 5.97 Å². The van der Waals surface area contributed by atoms with Gasteiger partial charge in [0.25, 0.3) is 0 Å². The van der Waals surface area contributed by atoms with Crippen LogP contribution in [-0.2, 0) is 20.9 Å². The fraction of sp³-hybridized carbons (Fsp3) is 0.600. The summed E-state index contributed by atoms with van der Waals surface area (Å²) in [6, 6.07) is 3.78. The number of aliphatic carboxylic acids is 1. The molecule has 0 atom stereocenters. The van der Waals surface area contributed by atoms with E-state index in [9.17, 15) is 14.4 Å². The smallest absolute Gasteiger partial charge is 0.317 e. The van der Waals surface area contributed by atoms with E-state index in [2.05, 4.69) is 10.3 Å². The summed E-state index contributed by atoms with van der Waals surface area (Å²) in [4.78, 5) is 43.7. The van der Waals surface area contributed by atoms with Crippen LogP contribution in [0.2, 0.25) is 0 Å². The minimum atomic E-state index is -0.833. The number of carbonyl (C=O) groups excluding carboxylic acids is 2. The van der Waals surface area contributed by atoms with Crippen molar-refractivity contribution in [3.8, 4) is 0 Å². The number of pyridine rings is 1. The minimum absolute atomic E-state index is 0.0200. The largest absolute Gasteiger partial charge is 0.480 e. The Morgan fingerprint density at radius 1 is 1.07 bits per heavy atom. The van der Waals surface area contributed by atoms with Gasteiger partial charge < -0.3 is 15.3 Å². The number of aromatic nitrogens is 1. The van der Waals surface area contributed by atoms with Crippen molar-refractivity contribution in [1.82, 2.24) is 20.1 Å². The molecule has 2 amide bonds. The third-order valence-corrected chi connectivity index (χ3v) is 5.68. The van der Waals surface area contributed by atoms with Gasteiger partial charge in [-0.3, -0.25) is 24.3 Å². The van der Waals surface area contributed by atoms with Gasteiger partial charge in [0.05, 0.1) is 6.54 Å². The predicted octanol–water partition coefficient (Wildman–Crippen LogP) is 0.733. The van der Waals surface area contributed by atoms with E-state index in [0.717, 1.165) is 31.2 Å². The molecule has 2 aliphatic rings. The Morgan fingerprint density at radius 2 is 1.75 bits per heavy atom. The zero-order valence-corrected chi connectivity index (χ0v) is 16.0. The lowest BCUT2D eigenvalue weighted by Gasteiger charge is -2.37. The van der Waals surface area contributed by atoms with Gasteiger partial charge in [-0.05, 0) is 37.3 Å². The maximum Gasteiger partial charge on any atom is 0.317 e. The van der Waals surface area contributed by atoms with Crippen LogP contribution in [-0.4, -0.2) is 70.4 Å². The van der Waals surface area contributed by atoms with Crippen molar-refractivity contribution in [3.63, 3.8) is 0 Å². The topological polar surface area (TPSA) is 103 Å². The van der Waals surface area contributed by atoms with E-state index in [1.54, 1.807) is 12.4 Å². The number of hydrogen-bond acceptors (Lipinski definition) is 5. The molecule has 3 rings (SSSR count). The second-order valence-electron chi connectivity index (χ2n) is 7.62. The fourth-order valence-corrected chi connectivity index (χ4v) is 4.01. The quantitative estimate of drug-likeness (QED) is 0.745. The first-order valence-electron chi connectivity index (χ1n) is 9.92. The Balaban J connectivity index is 1.39. The van der Waals surface area contributed by atoms with E-state index in [4.69, 9.17) is 5.11 Å². The Hall–Kier alpha value is -2.48. The number of hydrogen-bond donors (Lipinski definition) is 2. The molecule has 1 saturated carbocycles. The highest BCUT2D eigenvalue weighted by Gasteiger charge is 2.33. The average Bonchev–Trinajstić information content (AvgIpc) is 2.72. The number of nitrogens with zero attached hydrogens (tertiary/aromatic N) is 3. The van der Waals surface area contributed by atoms with Gasteiger partial charge in [0.2, 0.25) is 11.8 Å². The van der Waals surface area contributed by atoms with Crippen LogP contribution in [0.4, 0.5) is 0 Å². The maximum absolute atomic E-state index is 12.8. The first-order valence-corrected chi connectivity index (χ1v) is 9.92. The SMILES string of the molecule is O=C(O)CN1CCN(C(=O)C2CCC(C(=O)NCc3cccnc3)CC2)CC1. The lowest BCUT2D eigenvalue weighted by atomic mass is 9.80. The van der Waals surface area contributed by atoms with E-state index in [1.807, 2.05) is 21.9 Å². The van der Waals surface area contributed by atoms with Crippen molar-refractivity contribution in [2.24, 2.45) is 11.8 Å². The highest BCUT2D eigenvalue weighted by molar-refractivity contribution is 5.81. The van der Waals surface area contributed by atoms with Crippen molar-refractivity contribution in [1.29, 1.82) is 0 Å². The van der Waals surface area contributed by atoms with Gasteiger partial charge in [0.1, 0.15) is 0 Å². The molecule has 0 radical (unpaired) electrons. The van der Waals surface area contributed by atoms with Crippen LogP contribution in [0, 0.1) is 11.8 Å². The van der Waals surface area contributed by atoms with Crippen molar-refractivity contribution in [3.05, 3.63) is 30.1 Å². The standard InChI is InChI=1S/C20H28N4O4/c25-18(26)14-23-8-10-24(11-9-23)20(28)17-5-3-16(4-6-17)19(27)22-13-15-2-1-7-21-12-15/h1-2,7,12,16-17H,3-6,8-11,13-14H2,(H,22,27)(H,25,26). The van der Waals surface area contributed by atoms with E-state index in [-0.39, 0.29) is 30.2 Å². The summed E-state index contributed by atoms with van der Waals surface area (Å²) in [7, 11) is 0. The predicted molar refractivity (Wildman–Crippen MR) is 102 cm³/mol. The lowest BCUT2D eigenvalue weighted by Crippen LogP contribution is -2.51. The van der Waals surface area contributed by atoms with Crippen LogP contribution in [0.15, 0.2) is 24.5 Å². The van der Waals surface area contributed by atoms with Crippen molar-refractivity contribution in [2.45, 2.75) is 32.2 Å². The summed E-state index contributed by atoms with van der Waals surface area (Å²) in [5.74, 6) is -0.678. The number of rotatable bonds is 6. The molecule has 28 heavy (non-hydrogen) atoms.